The van der Waals surface area contributed by atoms with Crippen molar-refractivity contribution in [2.24, 2.45) is 0 Å². The first-order valence-electron chi connectivity index (χ1n) is 4.46. The Hall–Kier alpha value is -0.450. The Morgan fingerprint density at radius 3 is 2.47 bits per heavy atom. The second-order valence-electron chi connectivity index (χ2n) is 3.34. The molecule has 1 aromatic carbocycles. The summed E-state index contributed by atoms with van der Waals surface area (Å²) in [4.78, 5) is 0. The van der Waals surface area contributed by atoms with Gasteiger partial charge in [0.1, 0.15) is 0 Å². The summed E-state index contributed by atoms with van der Waals surface area (Å²) in [6.45, 7) is 0.514. The van der Waals surface area contributed by atoms with Gasteiger partial charge in [0.2, 0.25) is 10.0 Å². The number of hydrogen-bond acceptors (Lipinski definition) is 2. The van der Waals surface area contributed by atoms with Crippen LogP contribution < -0.4 is 4.31 Å². The minimum Gasteiger partial charge on any atom is -0.270 e. The Morgan fingerprint density at radius 2 is 1.93 bits per heavy atom. The van der Waals surface area contributed by atoms with Gasteiger partial charge in [0, 0.05) is 6.54 Å². The van der Waals surface area contributed by atoms with Crippen LogP contribution in [0.4, 0.5) is 5.69 Å². The van der Waals surface area contributed by atoms with Crippen molar-refractivity contribution in [1.82, 2.24) is 0 Å². The summed E-state index contributed by atoms with van der Waals surface area (Å²) in [5.41, 5.74) is 0.585. The molecule has 1 saturated heterocycles. The number of anilines is 1. The highest BCUT2D eigenvalue weighted by atomic mass is 35.5. The highest BCUT2D eigenvalue weighted by molar-refractivity contribution is 7.93. The van der Waals surface area contributed by atoms with Crippen LogP contribution in [0.2, 0.25) is 10.0 Å². The fourth-order valence-electron chi connectivity index (χ4n) is 1.57. The number of nitrogens with zero attached hydrogens (tertiary/aromatic N) is 1. The standard InChI is InChI=1S/C9H9Cl2NO2S/c10-8-3-2-7(6-9(8)11)12-4-1-5-15(12,13)14/h2-3,6H,1,4-5H2. The molecule has 1 heterocycles. The summed E-state index contributed by atoms with van der Waals surface area (Å²) in [6, 6.07) is 4.84. The molecule has 0 spiro atoms. The molecule has 0 bridgehead atoms. The van der Waals surface area contributed by atoms with E-state index in [2.05, 4.69) is 0 Å². The highest BCUT2D eigenvalue weighted by Gasteiger charge is 2.28. The average Bonchev–Trinajstić information content (AvgIpc) is 2.50. The molecular formula is C9H9Cl2NO2S. The minimum atomic E-state index is -3.14. The van der Waals surface area contributed by atoms with Gasteiger partial charge in [0.05, 0.1) is 21.5 Å². The van der Waals surface area contributed by atoms with Crippen molar-refractivity contribution in [1.29, 1.82) is 0 Å². The zero-order chi connectivity index (χ0) is 11.1. The lowest BCUT2D eigenvalue weighted by Crippen LogP contribution is -2.24. The van der Waals surface area contributed by atoms with E-state index in [1.807, 2.05) is 0 Å². The van der Waals surface area contributed by atoms with Gasteiger partial charge in [-0.3, -0.25) is 4.31 Å². The molecule has 1 aliphatic rings. The molecule has 15 heavy (non-hydrogen) atoms. The second kappa shape index (κ2) is 3.85. The molecule has 82 valence electrons. The van der Waals surface area contributed by atoms with Crippen LogP contribution in [0.25, 0.3) is 0 Å². The number of benzene rings is 1. The minimum absolute atomic E-state index is 0.202. The third-order valence-electron chi connectivity index (χ3n) is 2.29. The number of sulfonamides is 1. The van der Waals surface area contributed by atoms with E-state index in [4.69, 9.17) is 23.2 Å². The SMILES string of the molecule is O=S1(=O)CCCN1c1ccc(Cl)c(Cl)c1. The molecule has 0 aromatic heterocycles. The summed E-state index contributed by atoms with van der Waals surface area (Å²) in [7, 11) is -3.14. The number of hydrogen-bond donors (Lipinski definition) is 0. The van der Waals surface area contributed by atoms with Gasteiger partial charge in [-0.15, -0.1) is 0 Å². The molecule has 3 nitrogen and oxygen atoms in total. The molecule has 1 aromatic rings. The van der Waals surface area contributed by atoms with Gasteiger partial charge in [-0.25, -0.2) is 8.42 Å². The Morgan fingerprint density at radius 1 is 1.20 bits per heavy atom. The van der Waals surface area contributed by atoms with E-state index < -0.39 is 10.0 Å². The maximum absolute atomic E-state index is 11.6. The van der Waals surface area contributed by atoms with E-state index in [9.17, 15) is 8.42 Å². The van der Waals surface area contributed by atoms with Crippen LogP contribution >= 0.6 is 23.2 Å². The van der Waals surface area contributed by atoms with E-state index in [-0.39, 0.29) is 5.75 Å². The monoisotopic (exact) mass is 265 g/mol. The van der Waals surface area contributed by atoms with Crippen LogP contribution in [0.5, 0.6) is 0 Å². The third-order valence-corrected chi connectivity index (χ3v) is 4.90. The predicted octanol–water partition coefficient (Wildman–Crippen LogP) is 2.53. The van der Waals surface area contributed by atoms with Gasteiger partial charge in [-0.05, 0) is 24.6 Å². The number of rotatable bonds is 1. The van der Waals surface area contributed by atoms with Crippen molar-refractivity contribution in [2.75, 3.05) is 16.6 Å². The van der Waals surface area contributed by atoms with E-state index >= 15 is 0 Å². The van der Waals surface area contributed by atoms with E-state index in [0.717, 1.165) is 0 Å². The fourth-order valence-corrected chi connectivity index (χ4v) is 3.42. The Balaban J connectivity index is 2.42. The Bertz CT molecular complexity index is 487. The molecular weight excluding hydrogens is 257 g/mol. The smallest absolute Gasteiger partial charge is 0.235 e. The first kappa shape index (κ1) is 11.0. The zero-order valence-electron chi connectivity index (χ0n) is 7.78. The molecule has 1 aliphatic heterocycles. The van der Waals surface area contributed by atoms with Crippen molar-refractivity contribution >= 4 is 38.9 Å². The van der Waals surface area contributed by atoms with E-state index in [0.29, 0.717) is 28.7 Å². The van der Waals surface area contributed by atoms with Crippen LogP contribution in [0.1, 0.15) is 6.42 Å². The third kappa shape index (κ3) is 2.07. The lowest BCUT2D eigenvalue weighted by molar-refractivity contribution is 0.599. The van der Waals surface area contributed by atoms with Gasteiger partial charge in [0.25, 0.3) is 0 Å². The maximum atomic E-state index is 11.6. The van der Waals surface area contributed by atoms with Crippen LogP contribution in [0, 0.1) is 0 Å². The molecule has 0 N–H and O–H groups in total. The highest BCUT2D eigenvalue weighted by Crippen LogP contribution is 2.30. The zero-order valence-corrected chi connectivity index (χ0v) is 10.1. The Labute approximate surface area is 98.6 Å². The van der Waals surface area contributed by atoms with E-state index in [1.54, 1.807) is 18.2 Å². The summed E-state index contributed by atoms with van der Waals surface area (Å²) in [5.74, 6) is 0.202. The first-order valence-corrected chi connectivity index (χ1v) is 6.83. The summed E-state index contributed by atoms with van der Waals surface area (Å²) in [5, 5.41) is 0.799. The van der Waals surface area contributed by atoms with Crippen molar-refractivity contribution in [2.45, 2.75) is 6.42 Å². The van der Waals surface area contributed by atoms with Crippen molar-refractivity contribution in [3.8, 4) is 0 Å². The molecule has 2 rings (SSSR count). The van der Waals surface area contributed by atoms with Gasteiger partial charge >= 0.3 is 0 Å². The molecule has 0 aliphatic carbocycles. The molecule has 6 heteroatoms. The predicted molar refractivity (Wildman–Crippen MR) is 62.2 cm³/mol. The maximum Gasteiger partial charge on any atom is 0.235 e. The molecule has 0 radical (unpaired) electrons. The lowest BCUT2D eigenvalue weighted by Gasteiger charge is -2.17. The first-order chi connectivity index (χ1) is 7.00. The summed E-state index contributed by atoms with van der Waals surface area (Å²) < 4.78 is 24.6. The normalized spacial score (nSPS) is 19.5. The Kier molecular flexibility index (Phi) is 2.83. The molecule has 1 fully saturated rings. The van der Waals surface area contributed by atoms with E-state index in [1.165, 1.54) is 4.31 Å². The average molecular weight is 266 g/mol. The second-order valence-corrected chi connectivity index (χ2v) is 6.17. The largest absolute Gasteiger partial charge is 0.270 e. The quantitative estimate of drug-likeness (QED) is 0.783. The molecule has 0 atom stereocenters. The fraction of sp³-hybridized carbons (Fsp3) is 0.333. The molecule has 0 unspecified atom stereocenters. The number of halogens is 2. The lowest BCUT2D eigenvalue weighted by atomic mass is 10.3. The van der Waals surface area contributed by atoms with Crippen molar-refractivity contribution in [3.05, 3.63) is 28.2 Å². The van der Waals surface area contributed by atoms with Gasteiger partial charge in [-0.1, -0.05) is 23.2 Å². The van der Waals surface area contributed by atoms with Crippen LogP contribution in [0.3, 0.4) is 0 Å². The van der Waals surface area contributed by atoms with Gasteiger partial charge in [0.15, 0.2) is 0 Å². The van der Waals surface area contributed by atoms with Gasteiger partial charge in [-0.2, -0.15) is 0 Å². The van der Waals surface area contributed by atoms with Crippen LogP contribution in [0.15, 0.2) is 18.2 Å². The van der Waals surface area contributed by atoms with Crippen LogP contribution in [-0.2, 0) is 10.0 Å². The van der Waals surface area contributed by atoms with Crippen molar-refractivity contribution < 1.29 is 8.42 Å². The van der Waals surface area contributed by atoms with Crippen LogP contribution in [-0.4, -0.2) is 20.7 Å². The van der Waals surface area contributed by atoms with Gasteiger partial charge < -0.3 is 0 Å². The van der Waals surface area contributed by atoms with Crippen molar-refractivity contribution in [3.63, 3.8) is 0 Å². The summed E-state index contributed by atoms with van der Waals surface area (Å²) in [6.07, 6.45) is 0.655. The molecule has 0 amide bonds. The topological polar surface area (TPSA) is 37.4 Å². The summed E-state index contributed by atoms with van der Waals surface area (Å²) >= 11 is 11.6. The molecule has 0 saturated carbocycles.